The van der Waals surface area contributed by atoms with E-state index in [9.17, 15) is 9.59 Å². The van der Waals surface area contributed by atoms with Gasteiger partial charge in [0.15, 0.2) is 0 Å². The molecular weight excluding hydrogens is 356 g/mol. The van der Waals surface area contributed by atoms with E-state index in [-0.39, 0.29) is 24.5 Å². The Bertz CT molecular complexity index is 516. The highest BCUT2D eigenvalue weighted by molar-refractivity contribution is 9.11. The number of amides is 2. The van der Waals surface area contributed by atoms with Gasteiger partial charge in [0.1, 0.15) is 6.04 Å². The van der Waals surface area contributed by atoms with Crippen LogP contribution in [0.15, 0.2) is 15.9 Å². The molecule has 0 aliphatic heterocycles. The van der Waals surface area contributed by atoms with E-state index in [1.807, 2.05) is 0 Å². The molecule has 2 rings (SSSR count). The molecule has 0 aromatic carbocycles. The third-order valence-electron chi connectivity index (χ3n) is 3.50. The minimum Gasteiger partial charge on any atom is -0.396 e. The van der Waals surface area contributed by atoms with Crippen molar-refractivity contribution in [2.45, 2.75) is 38.3 Å². The van der Waals surface area contributed by atoms with Gasteiger partial charge in [0.25, 0.3) is 5.91 Å². The Balaban J connectivity index is 1.85. The number of carbonyl (C=O) groups is 2. The highest BCUT2D eigenvalue weighted by Gasteiger charge is 2.32. The van der Waals surface area contributed by atoms with Crippen molar-refractivity contribution in [3.8, 4) is 0 Å². The van der Waals surface area contributed by atoms with Gasteiger partial charge in [0.2, 0.25) is 5.91 Å². The fourth-order valence-corrected chi connectivity index (χ4v) is 3.43. The van der Waals surface area contributed by atoms with E-state index in [4.69, 9.17) is 5.11 Å². The molecule has 5 nitrogen and oxygen atoms in total. The maximum atomic E-state index is 12.1. The van der Waals surface area contributed by atoms with E-state index < -0.39 is 6.04 Å². The molecular formula is C14H19BrN2O3S. The Kier molecular flexibility index (Phi) is 5.78. The molecule has 1 aromatic heterocycles. The largest absolute Gasteiger partial charge is 0.396 e. The summed E-state index contributed by atoms with van der Waals surface area (Å²) in [4.78, 5) is 24.7. The molecule has 116 valence electrons. The molecule has 2 atom stereocenters. The first-order valence-electron chi connectivity index (χ1n) is 6.98. The molecule has 0 saturated heterocycles. The fourth-order valence-electron chi connectivity index (χ4n) is 2.14. The van der Waals surface area contributed by atoms with Crippen LogP contribution in [0.3, 0.4) is 0 Å². The van der Waals surface area contributed by atoms with Crippen molar-refractivity contribution in [1.82, 2.24) is 10.6 Å². The van der Waals surface area contributed by atoms with Crippen LogP contribution in [0, 0.1) is 5.92 Å². The Morgan fingerprint density at radius 1 is 1.43 bits per heavy atom. The Morgan fingerprint density at radius 2 is 2.14 bits per heavy atom. The SMILES string of the molecule is C[C@H](NC(=O)c1ccc(Br)s1)C(=O)N[C@H](CCO)C1CC1. The summed E-state index contributed by atoms with van der Waals surface area (Å²) >= 11 is 4.63. The molecule has 21 heavy (non-hydrogen) atoms. The number of halogens is 1. The normalized spacial score (nSPS) is 17.1. The molecule has 1 aromatic rings. The fraction of sp³-hybridized carbons (Fsp3) is 0.571. The molecule has 1 fully saturated rings. The van der Waals surface area contributed by atoms with Gasteiger partial charge in [-0.2, -0.15) is 0 Å². The van der Waals surface area contributed by atoms with Crippen LogP contribution in [0.4, 0.5) is 0 Å². The minimum atomic E-state index is -0.599. The summed E-state index contributed by atoms with van der Waals surface area (Å²) in [6.45, 7) is 1.73. The summed E-state index contributed by atoms with van der Waals surface area (Å²) in [5, 5.41) is 14.7. The maximum Gasteiger partial charge on any atom is 0.262 e. The quantitative estimate of drug-likeness (QED) is 0.681. The summed E-state index contributed by atoms with van der Waals surface area (Å²) in [5.41, 5.74) is 0. The van der Waals surface area contributed by atoms with Gasteiger partial charge in [-0.05, 0) is 60.2 Å². The number of thiophene rings is 1. The van der Waals surface area contributed by atoms with Crippen molar-refractivity contribution in [2.24, 2.45) is 5.92 Å². The summed E-state index contributed by atoms with van der Waals surface area (Å²) in [5.74, 6) is 0.0139. The second-order valence-corrected chi connectivity index (χ2v) is 7.73. The van der Waals surface area contributed by atoms with Gasteiger partial charge in [-0.1, -0.05) is 0 Å². The maximum absolute atomic E-state index is 12.1. The van der Waals surface area contributed by atoms with E-state index in [0.29, 0.717) is 17.2 Å². The number of aliphatic hydroxyl groups excluding tert-OH is 1. The molecule has 0 radical (unpaired) electrons. The average molecular weight is 375 g/mol. The van der Waals surface area contributed by atoms with Gasteiger partial charge < -0.3 is 15.7 Å². The van der Waals surface area contributed by atoms with Crippen LogP contribution in [0.1, 0.15) is 35.9 Å². The van der Waals surface area contributed by atoms with Gasteiger partial charge in [0.05, 0.1) is 8.66 Å². The zero-order valence-corrected chi connectivity index (χ0v) is 14.2. The summed E-state index contributed by atoms with van der Waals surface area (Å²) in [7, 11) is 0. The number of aliphatic hydroxyl groups is 1. The van der Waals surface area contributed by atoms with Crippen molar-refractivity contribution in [2.75, 3.05) is 6.61 Å². The molecule has 1 aliphatic rings. The number of rotatable bonds is 7. The summed E-state index contributed by atoms with van der Waals surface area (Å²) in [6.07, 6.45) is 2.75. The van der Waals surface area contributed by atoms with Crippen molar-refractivity contribution in [3.05, 3.63) is 20.8 Å². The highest BCUT2D eigenvalue weighted by atomic mass is 79.9. The van der Waals surface area contributed by atoms with E-state index in [0.717, 1.165) is 16.6 Å². The molecule has 1 saturated carbocycles. The lowest BCUT2D eigenvalue weighted by Gasteiger charge is -2.20. The Morgan fingerprint density at radius 3 is 2.67 bits per heavy atom. The molecule has 1 aliphatic carbocycles. The molecule has 0 unspecified atom stereocenters. The van der Waals surface area contributed by atoms with Gasteiger partial charge in [0, 0.05) is 12.6 Å². The zero-order chi connectivity index (χ0) is 15.4. The van der Waals surface area contributed by atoms with Crippen molar-refractivity contribution < 1.29 is 14.7 Å². The van der Waals surface area contributed by atoms with Crippen LogP contribution in [0.2, 0.25) is 0 Å². The minimum absolute atomic E-state index is 0.0118. The van der Waals surface area contributed by atoms with Gasteiger partial charge in [-0.3, -0.25) is 9.59 Å². The summed E-state index contributed by atoms with van der Waals surface area (Å²) in [6, 6.07) is 2.93. The molecule has 2 amide bonds. The van der Waals surface area contributed by atoms with Gasteiger partial charge >= 0.3 is 0 Å². The zero-order valence-electron chi connectivity index (χ0n) is 11.8. The highest BCUT2D eigenvalue weighted by Crippen LogP contribution is 2.33. The van der Waals surface area contributed by atoms with Crippen LogP contribution >= 0.6 is 27.3 Å². The second kappa shape index (κ2) is 7.38. The first kappa shape index (κ1) is 16.5. The van der Waals surface area contributed by atoms with Crippen molar-refractivity contribution in [3.63, 3.8) is 0 Å². The smallest absolute Gasteiger partial charge is 0.262 e. The Hall–Kier alpha value is -0.920. The molecule has 0 spiro atoms. The van der Waals surface area contributed by atoms with Gasteiger partial charge in [-0.25, -0.2) is 0 Å². The summed E-state index contributed by atoms with van der Waals surface area (Å²) < 4.78 is 0.876. The van der Waals surface area contributed by atoms with E-state index in [2.05, 4.69) is 26.6 Å². The van der Waals surface area contributed by atoms with E-state index in [1.165, 1.54) is 11.3 Å². The second-order valence-electron chi connectivity index (χ2n) is 5.26. The van der Waals surface area contributed by atoms with Crippen molar-refractivity contribution in [1.29, 1.82) is 0 Å². The lowest BCUT2D eigenvalue weighted by Crippen LogP contribution is -2.48. The van der Waals surface area contributed by atoms with Crippen LogP contribution in [-0.2, 0) is 4.79 Å². The molecule has 3 N–H and O–H groups in total. The van der Waals surface area contributed by atoms with Gasteiger partial charge in [-0.15, -0.1) is 11.3 Å². The van der Waals surface area contributed by atoms with Crippen molar-refractivity contribution >= 4 is 39.1 Å². The first-order chi connectivity index (χ1) is 10.0. The van der Waals surface area contributed by atoms with Crippen LogP contribution in [-0.4, -0.2) is 35.6 Å². The predicted molar refractivity (Wildman–Crippen MR) is 85.3 cm³/mol. The van der Waals surface area contributed by atoms with Crippen LogP contribution in [0.5, 0.6) is 0 Å². The molecule has 7 heteroatoms. The topological polar surface area (TPSA) is 78.4 Å². The number of hydrogen-bond donors (Lipinski definition) is 3. The van der Waals surface area contributed by atoms with E-state index >= 15 is 0 Å². The standard InChI is InChI=1S/C14H19BrN2O3S/c1-8(16-14(20)11-4-5-12(15)21-11)13(19)17-10(6-7-18)9-2-3-9/h4-5,8-10,18H,2-3,6-7H2,1H3,(H,16,20)(H,17,19)/t8-,10+/m0/s1. The predicted octanol–water partition coefficient (Wildman–Crippen LogP) is 1.91. The molecule has 0 bridgehead atoms. The van der Waals surface area contributed by atoms with E-state index in [1.54, 1.807) is 19.1 Å². The third kappa shape index (κ3) is 4.79. The lowest BCUT2D eigenvalue weighted by atomic mass is 10.1. The van der Waals surface area contributed by atoms with Crippen LogP contribution in [0.25, 0.3) is 0 Å². The number of nitrogens with one attached hydrogen (secondary N) is 2. The monoisotopic (exact) mass is 374 g/mol. The first-order valence-corrected chi connectivity index (χ1v) is 8.59. The third-order valence-corrected chi connectivity index (χ3v) is 5.12. The average Bonchev–Trinajstić information content (AvgIpc) is 3.19. The lowest BCUT2D eigenvalue weighted by molar-refractivity contribution is -0.123. The Labute approximate surface area is 136 Å². The number of hydrogen-bond acceptors (Lipinski definition) is 4. The number of carbonyl (C=O) groups excluding carboxylic acids is 2. The van der Waals surface area contributed by atoms with Crippen LogP contribution < -0.4 is 10.6 Å². The molecule has 1 heterocycles.